The molecule has 0 fully saturated rings. The van der Waals surface area contributed by atoms with Crippen molar-refractivity contribution in [2.24, 2.45) is 0 Å². The molecule has 0 atom stereocenters. The van der Waals surface area contributed by atoms with Gasteiger partial charge in [-0.2, -0.15) is 0 Å². The number of carbonyl (C=O) groups is 1. The first-order valence-corrected chi connectivity index (χ1v) is 7.71. The summed E-state index contributed by atoms with van der Waals surface area (Å²) in [5.41, 5.74) is 1.59. The lowest BCUT2D eigenvalue weighted by molar-refractivity contribution is -0.111. The lowest BCUT2D eigenvalue weighted by atomic mass is 10.2. The molecule has 1 amide bonds. The number of carbonyl (C=O) groups excluding carboxylic acids is 1. The minimum atomic E-state index is -0.201. The second-order valence-corrected chi connectivity index (χ2v) is 6.21. The summed E-state index contributed by atoms with van der Waals surface area (Å²) in [4.78, 5) is 11.8. The van der Waals surface area contributed by atoms with Crippen molar-refractivity contribution in [1.29, 1.82) is 0 Å². The van der Waals surface area contributed by atoms with Crippen LogP contribution >= 0.6 is 43.5 Å². The predicted molar refractivity (Wildman–Crippen MR) is 91.0 cm³/mol. The van der Waals surface area contributed by atoms with Gasteiger partial charge in [0.2, 0.25) is 5.91 Å². The van der Waals surface area contributed by atoms with Crippen LogP contribution in [0.25, 0.3) is 6.08 Å². The first-order valence-electron chi connectivity index (χ1n) is 5.74. The van der Waals surface area contributed by atoms with Crippen molar-refractivity contribution >= 4 is 61.1 Å². The molecule has 0 saturated carbocycles. The Balaban J connectivity index is 2.05. The highest BCUT2D eigenvalue weighted by molar-refractivity contribution is 9.11. The number of benzene rings is 2. The Bertz CT molecular complexity index is 671. The maximum atomic E-state index is 11.8. The molecule has 0 spiro atoms. The third-order valence-corrected chi connectivity index (χ3v) is 3.85. The lowest BCUT2D eigenvalue weighted by Crippen LogP contribution is -2.08. The van der Waals surface area contributed by atoms with Gasteiger partial charge in [0, 0.05) is 20.0 Å². The summed E-state index contributed by atoms with van der Waals surface area (Å²) >= 11 is 12.6. The summed E-state index contributed by atoms with van der Waals surface area (Å²) in [5.74, 6) is -0.201. The Morgan fingerprint density at radius 1 is 1.15 bits per heavy atom. The van der Waals surface area contributed by atoms with Crippen LogP contribution in [0.1, 0.15) is 5.56 Å². The first-order chi connectivity index (χ1) is 9.54. The summed E-state index contributed by atoms with van der Waals surface area (Å²) in [6.07, 6.45) is 3.19. The maximum absolute atomic E-state index is 11.8. The normalized spacial score (nSPS) is 10.8. The summed E-state index contributed by atoms with van der Waals surface area (Å²) < 4.78 is 1.76. The molecule has 5 heteroatoms. The number of rotatable bonds is 3. The van der Waals surface area contributed by atoms with Crippen molar-refractivity contribution < 1.29 is 4.79 Å². The minimum absolute atomic E-state index is 0.201. The monoisotopic (exact) mass is 413 g/mol. The molecule has 2 aromatic carbocycles. The van der Waals surface area contributed by atoms with Gasteiger partial charge in [-0.05, 0) is 57.9 Å². The maximum Gasteiger partial charge on any atom is 0.248 e. The van der Waals surface area contributed by atoms with E-state index in [2.05, 4.69) is 37.2 Å². The molecular formula is C15H10Br2ClNO. The van der Waals surface area contributed by atoms with E-state index in [1.54, 1.807) is 18.2 Å². The second kappa shape index (κ2) is 7.07. The lowest BCUT2D eigenvalue weighted by Gasteiger charge is -2.05. The first kappa shape index (κ1) is 15.3. The van der Waals surface area contributed by atoms with Crippen LogP contribution in [0.3, 0.4) is 0 Å². The molecule has 0 saturated heterocycles. The summed E-state index contributed by atoms with van der Waals surface area (Å²) in [7, 11) is 0. The van der Waals surface area contributed by atoms with Crippen LogP contribution in [0, 0.1) is 0 Å². The van der Waals surface area contributed by atoms with Crippen LogP contribution in [0.2, 0.25) is 5.02 Å². The molecule has 0 aromatic heterocycles. The Morgan fingerprint density at radius 3 is 2.65 bits per heavy atom. The van der Waals surface area contributed by atoms with Gasteiger partial charge in [0.15, 0.2) is 0 Å². The molecule has 102 valence electrons. The van der Waals surface area contributed by atoms with E-state index < -0.39 is 0 Å². The summed E-state index contributed by atoms with van der Waals surface area (Å²) in [5, 5.41) is 3.44. The molecular weight excluding hydrogens is 405 g/mol. The molecule has 0 heterocycles. The number of hydrogen-bond donors (Lipinski definition) is 1. The summed E-state index contributed by atoms with van der Waals surface area (Å²) in [6, 6.07) is 12.9. The fourth-order valence-corrected chi connectivity index (χ4v) is 2.89. The SMILES string of the molecule is O=C(C=Cc1cccc(Cl)c1)Nc1ccc(Br)cc1Br. The average molecular weight is 416 g/mol. The van der Waals surface area contributed by atoms with Crippen molar-refractivity contribution in [2.75, 3.05) is 5.32 Å². The van der Waals surface area contributed by atoms with Gasteiger partial charge in [-0.1, -0.05) is 39.7 Å². The smallest absolute Gasteiger partial charge is 0.248 e. The third-order valence-electron chi connectivity index (χ3n) is 2.46. The van der Waals surface area contributed by atoms with Crippen LogP contribution in [0.4, 0.5) is 5.69 Å². The van der Waals surface area contributed by atoms with Gasteiger partial charge in [0.25, 0.3) is 0 Å². The van der Waals surface area contributed by atoms with E-state index in [-0.39, 0.29) is 5.91 Å². The zero-order chi connectivity index (χ0) is 14.5. The van der Waals surface area contributed by atoms with Crippen molar-refractivity contribution in [3.63, 3.8) is 0 Å². The average Bonchev–Trinajstić information content (AvgIpc) is 2.40. The van der Waals surface area contributed by atoms with Crippen LogP contribution < -0.4 is 5.32 Å². The van der Waals surface area contributed by atoms with E-state index >= 15 is 0 Å². The Kier molecular flexibility index (Phi) is 5.40. The zero-order valence-electron chi connectivity index (χ0n) is 10.2. The zero-order valence-corrected chi connectivity index (χ0v) is 14.2. The van der Waals surface area contributed by atoms with Crippen LogP contribution in [-0.2, 0) is 4.79 Å². The van der Waals surface area contributed by atoms with E-state index in [9.17, 15) is 4.79 Å². The molecule has 0 radical (unpaired) electrons. The quantitative estimate of drug-likeness (QED) is 0.658. The van der Waals surface area contributed by atoms with Gasteiger partial charge >= 0.3 is 0 Å². The second-order valence-electron chi connectivity index (χ2n) is 4.00. The van der Waals surface area contributed by atoms with E-state index in [4.69, 9.17) is 11.6 Å². The van der Waals surface area contributed by atoms with E-state index in [1.807, 2.05) is 30.3 Å². The van der Waals surface area contributed by atoms with Crippen molar-refractivity contribution in [1.82, 2.24) is 0 Å². The van der Waals surface area contributed by atoms with Gasteiger partial charge in [0.05, 0.1) is 5.69 Å². The molecule has 2 rings (SSSR count). The molecule has 0 aliphatic heterocycles. The molecule has 1 N–H and O–H groups in total. The van der Waals surface area contributed by atoms with Gasteiger partial charge in [0.1, 0.15) is 0 Å². The fourth-order valence-electron chi connectivity index (χ4n) is 1.55. The number of amides is 1. The van der Waals surface area contributed by atoms with Crippen molar-refractivity contribution in [3.05, 3.63) is 68.1 Å². The number of nitrogens with one attached hydrogen (secondary N) is 1. The third kappa shape index (κ3) is 4.47. The van der Waals surface area contributed by atoms with E-state index in [0.717, 1.165) is 14.5 Å². The molecule has 2 aromatic rings. The number of hydrogen-bond acceptors (Lipinski definition) is 1. The topological polar surface area (TPSA) is 29.1 Å². The van der Waals surface area contributed by atoms with Gasteiger partial charge in [-0.15, -0.1) is 0 Å². The van der Waals surface area contributed by atoms with E-state index in [0.29, 0.717) is 10.7 Å². The van der Waals surface area contributed by atoms with Crippen LogP contribution in [-0.4, -0.2) is 5.91 Å². The molecule has 0 unspecified atom stereocenters. The highest BCUT2D eigenvalue weighted by Crippen LogP contribution is 2.26. The number of anilines is 1. The van der Waals surface area contributed by atoms with Gasteiger partial charge in [-0.3, -0.25) is 4.79 Å². The van der Waals surface area contributed by atoms with Crippen molar-refractivity contribution in [2.45, 2.75) is 0 Å². The van der Waals surface area contributed by atoms with E-state index in [1.165, 1.54) is 6.08 Å². The van der Waals surface area contributed by atoms with Gasteiger partial charge in [-0.25, -0.2) is 0 Å². The molecule has 0 aliphatic rings. The molecule has 20 heavy (non-hydrogen) atoms. The van der Waals surface area contributed by atoms with Crippen LogP contribution in [0.5, 0.6) is 0 Å². The molecule has 2 nitrogen and oxygen atoms in total. The van der Waals surface area contributed by atoms with Crippen molar-refractivity contribution in [3.8, 4) is 0 Å². The largest absolute Gasteiger partial charge is 0.321 e. The Morgan fingerprint density at radius 2 is 1.95 bits per heavy atom. The number of halogens is 3. The molecule has 0 aliphatic carbocycles. The highest BCUT2D eigenvalue weighted by atomic mass is 79.9. The predicted octanol–water partition coefficient (Wildman–Crippen LogP) is 5.52. The minimum Gasteiger partial charge on any atom is -0.321 e. The Hall–Kier alpha value is -1.10. The standard InChI is InChI=1S/C15H10Br2ClNO/c16-11-5-6-14(13(17)9-11)19-15(20)7-4-10-2-1-3-12(18)8-10/h1-9H,(H,19,20). The Labute approximate surface area is 139 Å². The van der Waals surface area contributed by atoms with Crippen LogP contribution in [0.15, 0.2) is 57.5 Å². The highest BCUT2D eigenvalue weighted by Gasteiger charge is 2.03. The van der Waals surface area contributed by atoms with Gasteiger partial charge < -0.3 is 5.32 Å². The summed E-state index contributed by atoms with van der Waals surface area (Å²) in [6.45, 7) is 0. The fraction of sp³-hybridized carbons (Fsp3) is 0. The molecule has 0 bridgehead atoms.